The summed E-state index contributed by atoms with van der Waals surface area (Å²) in [5, 5.41) is 9.27. The number of methoxy groups -OCH3 is 2. The van der Waals surface area contributed by atoms with Gasteiger partial charge in [-0.05, 0) is 48.6 Å². The van der Waals surface area contributed by atoms with Gasteiger partial charge in [0.15, 0.2) is 0 Å². The summed E-state index contributed by atoms with van der Waals surface area (Å²) in [6.07, 6.45) is 3.70. The molecule has 1 aliphatic heterocycles. The van der Waals surface area contributed by atoms with E-state index < -0.39 is 0 Å². The highest BCUT2D eigenvalue weighted by molar-refractivity contribution is 6.08. The van der Waals surface area contributed by atoms with Crippen molar-refractivity contribution in [2.75, 3.05) is 27.4 Å². The number of rotatable bonds is 6. The summed E-state index contributed by atoms with van der Waals surface area (Å²) in [6.45, 7) is 1.44. The number of fused-ring (bicyclic) bond motifs is 3. The van der Waals surface area contributed by atoms with Gasteiger partial charge in [-0.15, -0.1) is 0 Å². The van der Waals surface area contributed by atoms with Gasteiger partial charge in [0.05, 0.1) is 42.4 Å². The van der Waals surface area contributed by atoms with Crippen LogP contribution in [-0.4, -0.2) is 57.9 Å². The monoisotopic (exact) mass is 511 g/mol. The van der Waals surface area contributed by atoms with Crippen LogP contribution >= 0.6 is 0 Å². The first-order chi connectivity index (χ1) is 18.6. The third-order valence-electron chi connectivity index (χ3n) is 7.46. The van der Waals surface area contributed by atoms with E-state index in [1.807, 2.05) is 31.4 Å². The number of aromatic nitrogens is 5. The van der Waals surface area contributed by atoms with Gasteiger partial charge in [0.1, 0.15) is 5.69 Å². The highest BCUT2D eigenvalue weighted by atomic mass is 16.5. The number of pyridine rings is 1. The maximum absolute atomic E-state index is 12.5. The first-order valence-corrected chi connectivity index (χ1v) is 12.7. The fraction of sp³-hybridized carbons (Fsp3) is 0.310. The van der Waals surface area contributed by atoms with Gasteiger partial charge in [-0.2, -0.15) is 0 Å². The molecule has 1 aliphatic rings. The Kier molecular flexibility index (Phi) is 6.29. The summed E-state index contributed by atoms with van der Waals surface area (Å²) < 4.78 is 20.3. The Balaban J connectivity index is 1.68. The maximum Gasteiger partial charge on any atom is 0.337 e. The number of carbonyl (C=O) groups excluding carboxylic acids is 1. The molecular formula is C29H29N5O4. The van der Waals surface area contributed by atoms with Gasteiger partial charge < -0.3 is 18.8 Å². The Labute approximate surface area is 219 Å². The summed E-state index contributed by atoms with van der Waals surface area (Å²) in [5.41, 5.74) is 6.05. The Morgan fingerprint density at radius 3 is 2.58 bits per heavy atom. The third-order valence-corrected chi connectivity index (χ3v) is 7.46. The molecule has 5 aromatic rings. The van der Waals surface area contributed by atoms with E-state index in [0.717, 1.165) is 59.2 Å². The van der Waals surface area contributed by atoms with Gasteiger partial charge in [-0.25, -0.2) is 9.48 Å². The smallest absolute Gasteiger partial charge is 0.337 e. The van der Waals surface area contributed by atoms with Crippen LogP contribution in [0.3, 0.4) is 0 Å². The summed E-state index contributed by atoms with van der Waals surface area (Å²) in [7, 11) is 4.82. The number of aryl methyl sites for hydroxylation is 1. The van der Waals surface area contributed by atoms with Crippen molar-refractivity contribution < 1.29 is 19.0 Å². The molecule has 0 saturated carbocycles. The van der Waals surface area contributed by atoms with Crippen molar-refractivity contribution in [1.29, 1.82) is 0 Å². The Bertz CT molecular complexity index is 1620. The normalized spacial score (nSPS) is 15.1. The van der Waals surface area contributed by atoms with Crippen molar-refractivity contribution >= 4 is 27.9 Å². The van der Waals surface area contributed by atoms with Crippen molar-refractivity contribution in [1.82, 2.24) is 24.5 Å². The Morgan fingerprint density at radius 2 is 1.84 bits per heavy atom. The lowest BCUT2D eigenvalue weighted by Gasteiger charge is -2.33. The quantitative estimate of drug-likeness (QED) is 0.303. The van der Waals surface area contributed by atoms with Gasteiger partial charge in [-0.3, -0.25) is 4.98 Å². The second kappa shape index (κ2) is 9.90. The number of esters is 1. The van der Waals surface area contributed by atoms with Gasteiger partial charge >= 0.3 is 5.97 Å². The van der Waals surface area contributed by atoms with Gasteiger partial charge in [-0.1, -0.05) is 40.6 Å². The third kappa shape index (κ3) is 3.99. The molecule has 9 nitrogen and oxygen atoms in total. The van der Waals surface area contributed by atoms with Crippen LogP contribution in [0.2, 0.25) is 0 Å². The van der Waals surface area contributed by atoms with E-state index in [9.17, 15) is 4.79 Å². The molecular weight excluding hydrogens is 482 g/mol. The molecule has 0 bridgehead atoms. The number of hydrogen-bond donors (Lipinski definition) is 0. The fourth-order valence-electron chi connectivity index (χ4n) is 5.68. The molecule has 194 valence electrons. The number of nitrogens with zero attached hydrogens (tertiary/aromatic N) is 5. The van der Waals surface area contributed by atoms with Crippen molar-refractivity contribution in [3.05, 3.63) is 71.9 Å². The largest absolute Gasteiger partial charge is 0.478 e. The number of hydrogen-bond acceptors (Lipinski definition) is 7. The highest BCUT2D eigenvalue weighted by Gasteiger charge is 2.31. The number of benzene rings is 2. The molecule has 4 heterocycles. The van der Waals surface area contributed by atoms with Crippen LogP contribution in [0, 0.1) is 5.92 Å². The SMILES string of the molecule is COC(=O)c1ccc2c3ncc(-c4c(OC)nnn4C)cc3n(C(c3ccccc3)C3CCOCC3)c2c1. The minimum atomic E-state index is -0.370. The first-order valence-electron chi connectivity index (χ1n) is 12.7. The molecule has 0 spiro atoms. The topological polar surface area (TPSA) is 93.3 Å². The fourth-order valence-corrected chi connectivity index (χ4v) is 5.68. The zero-order valence-electron chi connectivity index (χ0n) is 21.6. The zero-order valence-corrected chi connectivity index (χ0v) is 21.6. The summed E-state index contributed by atoms with van der Waals surface area (Å²) in [4.78, 5) is 17.5. The van der Waals surface area contributed by atoms with Crippen LogP contribution in [0.4, 0.5) is 0 Å². The molecule has 9 heteroatoms. The van der Waals surface area contributed by atoms with Crippen LogP contribution in [0.1, 0.15) is 34.8 Å². The molecule has 38 heavy (non-hydrogen) atoms. The molecule has 1 fully saturated rings. The van der Waals surface area contributed by atoms with Crippen LogP contribution in [0.5, 0.6) is 5.88 Å². The lowest BCUT2D eigenvalue weighted by molar-refractivity contribution is 0.0553. The van der Waals surface area contributed by atoms with E-state index in [-0.39, 0.29) is 12.0 Å². The predicted octanol–water partition coefficient (Wildman–Crippen LogP) is 4.80. The number of ether oxygens (including phenoxy) is 3. The van der Waals surface area contributed by atoms with Crippen LogP contribution < -0.4 is 4.74 Å². The van der Waals surface area contributed by atoms with E-state index >= 15 is 0 Å². The molecule has 2 aromatic carbocycles. The van der Waals surface area contributed by atoms with Crippen molar-refractivity contribution in [3.8, 4) is 17.1 Å². The highest BCUT2D eigenvalue weighted by Crippen LogP contribution is 2.41. The van der Waals surface area contributed by atoms with Gasteiger partial charge in [0.25, 0.3) is 5.88 Å². The van der Waals surface area contributed by atoms with E-state index in [1.165, 1.54) is 12.7 Å². The molecule has 1 saturated heterocycles. The van der Waals surface area contributed by atoms with E-state index in [2.05, 4.69) is 45.2 Å². The molecule has 0 N–H and O–H groups in total. The van der Waals surface area contributed by atoms with E-state index in [0.29, 0.717) is 17.4 Å². The average molecular weight is 512 g/mol. The van der Waals surface area contributed by atoms with Crippen LogP contribution in [0.15, 0.2) is 60.8 Å². The number of carbonyl (C=O) groups is 1. The molecule has 0 aliphatic carbocycles. The minimum absolute atomic E-state index is 0.0107. The lowest BCUT2D eigenvalue weighted by atomic mass is 9.86. The van der Waals surface area contributed by atoms with Crippen LogP contribution in [0.25, 0.3) is 33.2 Å². The van der Waals surface area contributed by atoms with Gasteiger partial charge in [0.2, 0.25) is 0 Å². The Hall–Kier alpha value is -4.24. The molecule has 6 rings (SSSR count). The first kappa shape index (κ1) is 24.1. The van der Waals surface area contributed by atoms with Gasteiger partial charge in [0, 0.05) is 37.4 Å². The van der Waals surface area contributed by atoms with Crippen molar-refractivity contribution in [3.63, 3.8) is 0 Å². The molecule has 1 atom stereocenters. The van der Waals surface area contributed by atoms with Crippen molar-refractivity contribution in [2.24, 2.45) is 13.0 Å². The van der Waals surface area contributed by atoms with E-state index in [1.54, 1.807) is 17.9 Å². The summed E-state index contributed by atoms with van der Waals surface area (Å²) >= 11 is 0. The summed E-state index contributed by atoms with van der Waals surface area (Å²) in [6, 6.07) is 18.3. The second-order valence-electron chi connectivity index (χ2n) is 9.56. The maximum atomic E-state index is 12.5. The van der Waals surface area contributed by atoms with Crippen LogP contribution in [-0.2, 0) is 16.5 Å². The van der Waals surface area contributed by atoms with E-state index in [4.69, 9.17) is 19.2 Å². The lowest BCUT2D eigenvalue weighted by Crippen LogP contribution is -2.27. The molecule has 3 aromatic heterocycles. The van der Waals surface area contributed by atoms with Crippen molar-refractivity contribution in [2.45, 2.75) is 18.9 Å². The molecule has 1 unspecified atom stereocenters. The standard InChI is InChI=1S/C29H29N5O4/c1-33-27(28(36-2)31-32-33)21-16-24-25(30-17-21)22-10-9-20(29(35)37-3)15-23(22)34(24)26(18-7-5-4-6-8-18)19-11-13-38-14-12-19/h4-10,15-17,19,26H,11-14H2,1-3H3. The summed E-state index contributed by atoms with van der Waals surface area (Å²) in [5.74, 6) is 0.405. The minimum Gasteiger partial charge on any atom is -0.478 e. The molecule has 0 amide bonds. The second-order valence-corrected chi connectivity index (χ2v) is 9.56. The zero-order chi connectivity index (χ0) is 26.2. The molecule has 0 radical (unpaired) electrons. The Morgan fingerprint density at radius 1 is 1.05 bits per heavy atom. The average Bonchev–Trinajstić information content (AvgIpc) is 3.50. The predicted molar refractivity (Wildman–Crippen MR) is 143 cm³/mol.